The van der Waals surface area contributed by atoms with Crippen LogP contribution in [0.15, 0.2) is 53.6 Å². The second-order valence-electron chi connectivity index (χ2n) is 4.36. The lowest BCUT2D eigenvalue weighted by molar-refractivity contribution is 0.0953. The molecule has 2 aromatic rings. The first kappa shape index (κ1) is 15.4. The number of hydrogen-bond donors (Lipinski definition) is 1. The van der Waals surface area contributed by atoms with Gasteiger partial charge in [-0.05, 0) is 30.4 Å². The number of ether oxygens (including phenoxy) is 1. The highest BCUT2D eigenvalue weighted by Crippen LogP contribution is 2.17. The number of amides is 1. The summed E-state index contributed by atoms with van der Waals surface area (Å²) in [5.41, 5.74) is 0.548. The number of benzene rings is 1. The topological polar surface area (TPSA) is 51.2 Å². The van der Waals surface area contributed by atoms with Crippen LogP contribution < -0.4 is 10.1 Å². The smallest absolute Gasteiger partial charge is 0.252 e. The van der Waals surface area contributed by atoms with Crippen LogP contribution in [0, 0.1) is 0 Å². The molecule has 0 bridgehead atoms. The molecule has 0 aliphatic heterocycles. The Kier molecular flexibility index (Phi) is 6.09. The first-order valence-corrected chi connectivity index (χ1v) is 7.74. The minimum Gasteiger partial charge on any atom is -0.481 e. The van der Waals surface area contributed by atoms with E-state index in [4.69, 9.17) is 4.74 Å². The summed E-state index contributed by atoms with van der Waals surface area (Å²) in [6, 6.07) is 13.6. The van der Waals surface area contributed by atoms with E-state index in [0.717, 1.165) is 12.2 Å². The first-order chi connectivity index (χ1) is 10.3. The number of nitrogens with one attached hydrogen (secondary N) is 1. The van der Waals surface area contributed by atoms with Gasteiger partial charge in [-0.15, -0.1) is 11.8 Å². The Morgan fingerprint density at radius 3 is 2.71 bits per heavy atom. The van der Waals surface area contributed by atoms with Gasteiger partial charge in [-0.3, -0.25) is 4.79 Å². The van der Waals surface area contributed by atoms with Gasteiger partial charge in [0.05, 0.1) is 12.7 Å². The second-order valence-corrected chi connectivity index (χ2v) is 5.53. The van der Waals surface area contributed by atoms with Gasteiger partial charge < -0.3 is 10.1 Å². The van der Waals surface area contributed by atoms with Crippen LogP contribution in [-0.2, 0) is 0 Å². The third-order valence-corrected chi connectivity index (χ3v) is 3.92. The third-order valence-electron chi connectivity index (χ3n) is 2.83. The lowest BCUT2D eigenvalue weighted by Crippen LogP contribution is -2.24. The van der Waals surface area contributed by atoms with E-state index in [2.05, 4.69) is 22.4 Å². The third kappa shape index (κ3) is 5.11. The van der Waals surface area contributed by atoms with Crippen LogP contribution in [0.4, 0.5) is 0 Å². The Balaban J connectivity index is 1.67. The van der Waals surface area contributed by atoms with Crippen molar-refractivity contribution in [1.82, 2.24) is 10.3 Å². The molecule has 0 radical (unpaired) electrons. The van der Waals surface area contributed by atoms with Crippen molar-refractivity contribution >= 4 is 17.7 Å². The van der Waals surface area contributed by atoms with E-state index in [9.17, 15) is 4.79 Å². The maximum atomic E-state index is 11.9. The molecular formula is C16H18N2O2S. The van der Waals surface area contributed by atoms with Gasteiger partial charge in [0.1, 0.15) is 0 Å². The lowest BCUT2D eigenvalue weighted by atomic mass is 10.2. The van der Waals surface area contributed by atoms with Crippen LogP contribution in [-0.4, -0.2) is 30.3 Å². The molecule has 21 heavy (non-hydrogen) atoms. The molecule has 0 saturated heterocycles. The van der Waals surface area contributed by atoms with E-state index < -0.39 is 0 Å². The van der Waals surface area contributed by atoms with Gasteiger partial charge in [-0.1, -0.05) is 18.2 Å². The Labute approximate surface area is 128 Å². The van der Waals surface area contributed by atoms with Crippen LogP contribution in [0.1, 0.15) is 16.8 Å². The van der Waals surface area contributed by atoms with Crippen LogP contribution in [0.3, 0.4) is 0 Å². The second kappa shape index (κ2) is 8.32. The molecular weight excluding hydrogens is 284 g/mol. The number of thioether (sulfide) groups is 1. The molecule has 1 aromatic carbocycles. The fraction of sp³-hybridized carbons (Fsp3) is 0.250. The van der Waals surface area contributed by atoms with Crippen LogP contribution in [0.25, 0.3) is 0 Å². The van der Waals surface area contributed by atoms with E-state index in [0.29, 0.717) is 18.0 Å². The SMILES string of the molecule is COc1ccc(C(=O)NCCCSc2ccccc2)cn1. The molecule has 0 aliphatic carbocycles. The summed E-state index contributed by atoms with van der Waals surface area (Å²) in [5, 5.41) is 2.89. The van der Waals surface area contributed by atoms with Crippen LogP contribution in [0.5, 0.6) is 5.88 Å². The highest BCUT2D eigenvalue weighted by molar-refractivity contribution is 7.99. The summed E-state index contributed by atoms with van der Waals surface area (Å²) in [4.78, 5) is 17.1. The Hall–Kier alpha value is -2.01. The van der Waals surface area contributed by atoms with Crippen molar-refractivity contribution in [3.8, 4) is 5.88 Å². The summed E-state index contributed by atoms with van der Waals surface area (Å²) in [6.45, 7) is 0.657. The molecule has 0 saturated carbocycles. The predicted molar refractivity (Wildman–Crippen MR) is 84.9 cm³/mol. The standard InChI is InChI=1S/C16H18N2O2S/c1-20-15-9-8-13(12-18-15)16(19)17-10-5-11-21-14-6-3-2-4-7-14/h2-4,6-9,12H,5,10-11H2,1H3,(H,17,19). The minimum absolute atomic E-state index is 0.102. The maximum Gasteiger partial charge on any atom is 0.252 e. The van der Waals surface area contributed by atoms with Crippen molar-refractivity contribution in [3.63, 3.8) is 0 Å². The fourth-order valence-electron chi connectivity index (χ4n) is 1.72. The van der Waals surface area contributed by atoms with E-state index >= 15 is 0 Å². The van der Waals surface area contributed by atoms with Crippen molar-refractivity contribution in [2.24, 2.45) is 0 Å². The van der Waals surface area contributed by atoms with Gasteiger partial charge in [0.2, 0.25) is 5.88 Å². The van der Waals surface area contributed by atoms with E-state index in [1.165, 1.54) is 11.1 Å². The summed E-state index contributed by atoms with van der Waals surface area (Å²) < 4.78 is 4.96. The van der Waals surface area contributed by atoms with Crippen molar-refractivity contribution in [1.29, 1.82) is 0 Å². The lowest BCUT2D eigenvalue weighted by Gasteiger charge is -2.05. The number of nitrogens with zero attached hydrogens (tertiary/aromatic N) is 1. The van der Waals surface area contributed by atoms with Crippen molar-refractivity contribution in [2.45, 2.75) is 11.3 Å². The molecule has 0 unspecified atom stereocenters. The molecule has 110 valence electrons. The monoisotopic (exact) mass is 302 g/mol. The number of carbonyl (C=O) groups is 1. The molecule has 0 spiro atoms. The van der Waals surface area contributed by atoms with E-state index in [1.807, 2.05) is 18.2 Å². The zero-order chi connectivity index (χ0) is 14.9. The van der Waals surface area contributed by atoms with Gasteiger partial charge in [0.25, 0.3) is 5.91 Å². The van der Waals surface area contributed by atoms with E-state index in [1.54, 1.807) is 31.0 Å². The van der Waals surface area contributed by atoms with Gasteiger partial charge in [-0.2, -0.15) is 0 Å². The highest BCUT2D eigenvalue weighted by atomic mass is 32.2. The Morgan fingerprint density at radius 1 is 1.24 bits per heavy atom. The molecule has 1 amide bonds. The summed E-state index contributed by atoms with van der Waals surface area (Å²) in [5.74, 6) is 1.38. The molecule has 0 fully saturated rings. The fourth-order valence-corrected chi connectivity index (χ4v) is 2.59. The summed E-state index contributed by atoms with van der Waals surface area (Å²) in [6.07, 6.45) is 2.45. The molecule has 2 rings (SSSR count). The molecule has 1 aromatic heterocycles. The molecule has 5 heteroatoms. The Bertz CT molecular complexity index is 558. The number of rotatable bonds is 7. The van der Waals surface area contributed by atoms with Gasteiger partial charge in [0, 0.05) is 23.7 Å². The largest absolute Gasteiger partial charge is 0.481 e. The van der Waals surface area contributed by atoms with E-state index in [-0.39, 0.29) is 5.91 Å². The predicted octanol–water partition coefficient (Wildman–Crippen LogP) is 3.00. The zero-order valence-corrected chi connectivity index (χ0v) is 12.7. The normalized spacial score (nSPS) is 10.1. The number of carbonyl (C=O) groups excluding carboxylic acids is 1. The summed E-state index contributed by atoms with van der Waals surface area (Å²) in [7, 11) is 1.55. The number of hydrogen-bond acceptors (Lipinski definition) is 4. The summed E-state index contributed by atoms with van der Waals surface area (Å²) >= 11 is 1.79. The van der Waals surface area contributed by atoms with Crippen molar-refractivity contribution < 1.29 is 9.53 Å². The quantitative estimate of drug-likeness (QED) is 0.631. The minimum atomic E-state index is -0.102. The maximum absolute atomic E-state index is 11.9. The van der Waals surface area contributed by atoms with Crippen LogP contribution in [0.2, 0.25) is 0 Å². The first-order valence-electron chi connectivity index (χ1n) is 6.75. The highest BCUT2D eigenvalue weighted by Gasteiger charge is 2.05. The molecule has 0 aliphatic rings. The average molecular weight is 302 g/mol. The van der Waals surface area contributed by atoms with Crippen molar-refractivity contribution in [3.05, 3.63) is 54.2 Å². The number of aromatic nitrogens is 1. The number of pyridine rings is 1. The zero-order valence-electron chi connectivity index (χ0n) is 11.9. The van der Waals surface area contributed by atoms with Gasteiger partial charge >= 0.3 is 0 Å². The number of methoxy groups -OCH3 is 1. The molecule has 4 nitrogen and oxygen atoms in total. The van der Waals surface area contributed by atoms with Crippen molar-refractivity contribution in [2.75, 3.05) is 19.4 Å². The molecule has 1 heterocycles. The van der Waals surface area contributed by atoms with Gasteiger partial charge in [-0.25, -0.2) is 4.98 Å². The molecule has 1 N–H and O–H groups in total. The average Bonchev–Trinajstić information content (AvgIpc) is 2.55. The van der Waals surface area contributed by atoms with Crippen LogP contribution >= 0.6 is 11.8 Å². The Morgan fingerprint density at radius 2 is 2.05 bits per heavy atom. The molecule has 0 atom stereocenters. The van der Waals surface area contributed by atoms with Gasteiger partial charge in [0.15, 0.2) is 0 Å².